The molecule has 2 atom stereocenters. The van der Waals surface area contributed by atoms with Crippen LogP contribution < -0.4 is 0 Å². The molecule has 1 aromatic rings. The van der Waals surface area contributed by atoms with E-state index in [1.54, 1.807) is 18.2 Å². The summed E-state index contributed by atoms with van der Waals surface area (Å²) >= 11 is 9.34. The standard InChI is InChI=1S/C15H16BrClO3/c16-12-7-10(1-2-13(12)17)14(18)11-3-5-20-15(8-11)4-6-19-9-15/h1-2,7,11H,3-6,8-9H2. The third-order valence-corrected chi connectivity index (χ3v) is 5.35. The molecule has 0 aromatic heterocycles. The predicted molar refractivity (Wildman–Crippen MR) is 80.3 cm³/mol. The first-order valence-corrected chi connectivity index (χ1v) is 7.98. The summed E-state index contributed by atoms with van der Waals surface area (Å²) in [6.07, 6.45) is 2.42. The third-order valence-electron chi connectivity index (χ3n) is 4.14. The van der Waals surface area contributed by atoms with Crippen molar-refractivity contribution in [2.24, 2.45) is 5.92 Å². The molecule has 0 saturated carbocycles. The first-order chi connectivity index (χ1) is 9.60. The highest BCUT2D eigenvalue weighted by Gasteiger charge is 2.43. The van der Waals surface area contributed by atoms with Crippen LogP contribution in [0.4, 0.5) is 0 Å². The zero-order valence-corrected chi connectivity index (χ0v) is 13.4. The van der Waals surface area contributed by atoms with E-state index >= 15 is 0 Å². The molecule has 20 heavy (non-hydrogen) atoms. The topological polar surface area (TPSA) is 35.5 Å². The number of rotatable bonds is 2. The molecule has 3 nitrogen and oxygen atoms in total. The lowest BCUT2D eigenvalue weighted by Crippen LogP contribution is -2.42. The molecule has 0 N–H and O–H groups in total. The Hall–Kier alpha value is -0.420. The van der Waals surface area contributed by atoms with Crippen LogP contribution in [-0.2, 0) is 9.47 Å². The summed E-state index contributed by atoms with van der Waals surface area (Å²) in [5.41, 5.74) is 0.477. The Balaban J connectivity index is 1.77. The Morgan fingerprint density at radius 1 is 1.40 bits per heavy atom. The number of carbonyl (C=O) groups excluding carboxylic acids is 1. The molecule has 0 radical (unpaired) electrons. The largest absolute Gasteiger partial charge is 0.378 e. The average molecular weight is 360 g/mol. The van der Waals surface area contributed by atoms with Crippen molar-refractivity contribution in [2.75, 3.05) is 19.8 Å². The maximum absolute atomic E-state index is 12.6. The van der Waals surface area contributed by atoms with Gasteiger partial charge in [0.1, 0.15) is 0 Å². The van der Waals surface area contributed by atoms with Gasteiger partial charge in [-0.05, 0) is 47.0 Å². The molecule has 108 valence electrons. The highest BCUT2D eigenvalue weighted by molar-refractivity contribution is 9.10. The van der Waals surface area contributed by atoms with Crippen LogP contribution in [0.2, 0.25) is 5.02 Å². The molecule has 3 rings (SSSR count). The van der Waals surface area contributed by atoms with Crippen LogP contribution in [0.3, 0.4) is 0 Å². The molecule has 2 saturated heterocycles. The Bertz CT molecular complexity index is 526. The number of Topliss-reactive ketones (excluding diaryl/α,β-unsaturated/α-hetero) is 1. The van der Waals surface area contributed by atoms with Crippen LogP contribution in [0.1, 0.15) is 29.6 Å². The summed E-state index contributed by atoms with van der Waals surface area (Å²) in [6, 6.07) is 5.35. The number of ketones is 1. The van der Waals surface area contributed by atoms with E-state index in [2.05, 4.69) is 15.9 Å². The van der Waals surface area contributed by atoms with Gasteiger partial charge >= 0.3 is 0 Å². The van der Waals surface area contributed by atoms with E-state index in [1.807, 2.05) is 0 Å². The minimum atomic E-state index is -0.234. The van der Waals surface area contributed by atoms with Gasteiger partial charge in [0, 0.05) is 35.6 Å². The van der Waals surface area contributed by atoms with Gasteiger partial charge in [0.05, 0.1) is 17.2 Å². The minimum absolute atomic E-state index is 0.0125. The fraction of sp³-hybridized carbons (Fsp3) is 0.533. The third kappa shape index (κ3) is 2.80. The highest BCUT2D eigenvalue weighted by Crippen LogP contribution is 2.37. The SMILES string of the molecule is O=C(c1ccc(Cl)c(Br)c1)C1CCOC2(CCOC2)C1. The molecule has 2 fully saturated rings. The highest BCUT2D eigenvalue weighted by atomic mass is 79.9. The zero-order chi connectivity index (χ0) is 14.2. The van der Waals surface area contributed by atoms with Crippen molar-refractivity contribution in [3.05, 3.63) is 33.3 Å². The predicted octanol–water partition coefficient (Wildman–Crippen LogP) is 3.87. The Kier molecular flexibility index (Phi) is 4.18. The molecular weight excluding hydrogens is 344 g/mol. The first-order valence-electron chi connectivity index (χ1n) is 6.81. The second-order valence-electron chi connectivity index (χ2n) is 5.52. The molecule has 1 aromatic carbocycles. The lowest BCUT2D eigenvalue weighted by molar-refractivity contribution is -0.0920. The number of halogens is 2. The van der Waals surface area contributed by atoms with Crippen molar-refractivity contribution >= 4 is 33.3 Å². The van der Waals surface area contributed by atoms with Crippen molar-refractivity contribution in [3.63, 3.8) is 0 Å². The second kappa shape index (κ2) is 5.76. The van der Waals surface area contributed by atoms with E-state index < -0.39 is 0 Å². The van der Waals surface area contributed by atoms with Crippen molar-refractivity contribution < 1.29 is 14.3 Å². The van der Waals surface area contributed by atoms with E-state index in [0.29, 0.717) is 23.8 Å². The maximum Gasteiger partial charge on any atom is 0.166 e. The maximum atomic E-state index is 12.6. The van der Waals surface area contributed by atoms with Crippen LogP contribution in [0.25, 0.3) is 0 Å². The van der Waals surface area contributed by atoms with Gasteiger partial charge in [0.2, 0.25) is 0 Å². The van der Waals surface area contributed by atoms with E-state index in [9.17, 15) is 4.79 Å². The summed E-state index contributed by atoms with van der Waals surface area (Å²) in [7, 11) is 0. The van der Waals surface area contributed by atoms with E-state index in [-0.39, 0.29) is 17.3 Å². The van der Waals surface area contributed by atoms with Gasteiger partial charge in [0.15, 0.2) is 5.78 Å². The monoisotopic (exact) mass is 358 g/mol. The van der Waals surface area contributed by atoms with Crippen LogP contribution in [-0.4, -0.2) is 31.2 Å². The van der Waals surface area contributed by atoms with Gasteiger partial charge in [-0.15, -0.1) is 0 Å². The lowest BCUT2D eigenvalue weighted by Gasteiger charge is -2.36. The molecule has 0 bridgehead atoms. The Morgan fingerprint density at radius 3 is 2.95 bits per heavy atom. The number of benzene rings is 1. The average Bonchev–Trinajstić information content (AvgIpc) is 2.89. The van der Waals surface area contributed by atoms with Gasteiger partial charge in [-0.25, -0.2) is 0 Å². The molecule has 1 spiro atoms. The van der Waals surface area contributed by atoms with E-state index in [1.165, 1.54) is 0 Å². The normalized spacial score (nSPS) is 29.8. The molecule has 0 aliphatic carbocycles. The fourth-order valence-electron chi connectivity index (χ4n) is 3.00. The van der Waals surface area contributed by atoms with Crippen molar-refractivity contribution in [2.45, 2.75) is 24.9 Å². The molecule has 0 amide bonds. The zero-order valence-electron chi connectivity index (χ0n) is 11.0. The van der Waals surface area contributed by atoms with Crippen LogP contribution in [0.5, 0.6) is 0 Å². The smallest absolute Gasteiger partial charge is 0.166 e. The van der Waals surface area contributed by atoms with Crippen LogP contribution >= 0.6 is 27.5 Å². The summed E-state index contributed by atoms with van der Waals surface area (Å²) < 4.78 is 12.1. The number of hydrogen-bond acceptors (Lipinski definition) is 3. The number of ether oxygens (including phenoxy) is 2. The van der Waals surface area contributed by atoms with Gasteiger partial charge in [-0.1, -0.05) is 11.6 Å². The van der Waals surface area contributed by atoms with Crippen LogP contribution in [0, 0.1) is 5.92 Å². The molecule has 2 unspecified atom stereocenters. The second-order valence-corrected chi connectivity index (χ2v) is 6.78. The van der Waals surface area contributed by atoms with Crippen molar-refractivity contribution in [1.82, 2.24) is 0 Å². The van der Waals surface area contributed by atoms with Gasteiger partial charge in [0.25, 0.3) is 0 Å². The van der Waals surface area contributed by atoms with Crippen molar-refractivity contribution in [3.8, 4) is 0 Å². The summed E-state index contributed by atoms with van der Waals surface area (Å²) in [5.74, 6) is 0.190. The fourth-order valence-corrected chi connectivity index (χ4v) is 3.50. The summed E-state index contributed by atoms with van der Waals surface area (Å²) in [5, 5.41) is 0.620. The molecule has 5 heteroatoms. The quantitative estimate of drug-likeness (QED) is 0.752. The van der Waals surface area contributed by atoms with Gasteiger partial charge < -0.3 is 9.47 Å². The molecule has 2 heterocycles. The Morgan fingerprint density at radius 2 is 2.25 bits per heavy atom. The van der Waals surface area contributed by atoms with E-state index in [4.69, 9.17) is 21.1 Å². The summed E-state index contributed by atoms with van der Waals surface area (Å²) in [6.45, 7) is 1.98. The van der Waals surface area contributed by atoms with Gasteiger partial charge in [-0.3, -0.25) is 4.79 Å². The molecule has 2 aliphatic rings. The first kappa shape index (κ1) is 14.5. The van der Waals surface area contributed by atoms with Crippen LogP contribution in [0.15, 0.2) is 22.7 Å². The van der Waals surface area contributed by atoms with Gasteiger partial charge in [-0.2, -0.15) is 0 Å². The number of hydrogen-bond donors (Lipinski definition) is 0. The number of carbonyl (C=O) groups is 1. The minimum Gasteiger partial charge on any atom is -0.378 e. The molecular formula is C15H16BrClO3. The van der Waals surface area contributed by atoms with E-state index in [0.717, 1.165) is 30.3 Å². The molecule has 2 aliphatic heterocycles. The summed E-state index contributed by atoms with van der Waals surface area (Å²) in [4.78, 5) is 12.6. The lowest BCUT2D eigenvalue weighted by atomic mass is 9.81. The van der Waals surface area contributed by atoms with Crippen molar-refractivity contribution in [1.29, 1.82) is 0 Å². The Labute approximate surface area is 131 Å².